The zero-order valence-corrected chi connectivity index (χ0v) is 12.7. The third-order valence-corrected chi connectivity index (χ3v) is 5.58. The number of hydrogen-bond acceptors (Lipinski definition) is 7. The normalized spacial score (nSPS) is 25.3. The highest BCUT2D eigenvalue weighted by molar-refractivity contribution is 7.91. The standard InChI is InChI=1S/C11H19N3O3S2/c1-11(15)4-3-6-14(7-5-11)10-8(19(2,16)17)9(12)13-18-10/h15H,3-7H2,1-2H3,(H2,12,13). The zero-order valence-electron chi connectivity index (χ0n) is 11.1. The molecule has 0 amide bonds. The average Bonchev–Trinajstić information content (AvgIpc) is 2.55. The summed E-state index contributed by atoms with van der Waals surface area (Å²) in [7, 11) is -3.39. The van der Waals surface area contributed by atoms with Gasteiger partial charge in [0.2, 0.25) is 0 Å². The van der Waals surface area contributed by atoms with Gasteiger partial charge in [-0.15, -0.1) is 0 Å². The summed E-state index contributed by atoms with van der Waals surface area (Å²) >= 11 is 1.11. The van der Waals surface area contributed by atoms with E-state index in [1.54, 1.807) is 0 Å². The molecule has 3 N–H and O–H groups in total. The van der Waals surface area contributed by atoms with Crippen molar-refractivity contribution >= 4 is 32.2 Å². The minimum atomic E-state index is -3.39. The molecule has 0 aliphatic carbocycles. The summed E-state index contributed by atoms with van der Waals surface area (Å²) < 4.78 is 27.6. The minimum absolute atomic E-state index is 0.0681. The molecule has 1 atom stereocenters. The van der Waals surface area contributed by atoms with E-state index < -0.39 is 15.4 Å². The van der Waals surface area contributed by atoms with E-state index in [-0.39, 0.29) is 10.7 Å². The summed E-state index contributed by atoms with van der Waals surface area (Å²) in [6.07, 6.45) is 3.28. The summed E-state index contributed by atoms with van der Waals surface area (Å²) in [6.45, 7) is 3.13. The van der Waals surface area contributed by atoms with Gasteiger partial charge >= 0.3 is 0 Å². The first-order valence-corrected chi connectivity index (χ1v) is 8.80. The first kappa shape index (κ1) is 14.5. The maximum atomic E-state index is 11.8. The van der Waals surface area contributed by atoms with Crippen molar-refractivity contribution in [2.75, 3.05) is 30.0 Å². The van der Waals surface area contributed by atoms with E-state index in [2.05, 4.69) is 4.37 Å². The first-order valence-electron chi connectivity index (χ1n) is 6.13. The molecule has 0 aromatic carbocycles. The number of nitrogens with two attached hydrogens (primary N) is 1. The van der Waals surface area contributed by atoms with Gasteiger partial charge in [-0.05, 0) is 37.7 Å². The first-order chi connectivity index (χ1) is 8.71. The molecule has 0 saturated carbocycles. The molecule has 1 aliphatic heterocycles. The average molecular weight is 305 g/mol. The highest BCUT2D eigenvalue weighted by Gasteiger charge is 2.30. The van der Waals surface area contributed by atoms with Gasteiger partial charge in [-0.25, -0.2) is 8.42 Å². The van der Waals surface area contributed by atoms with Crippen molar-refractivity contribution in [1.82, 2.24) is 4.37 Å². The van der Waals surface area contributed by atoms with Gasteiger partial charge in [0.05, 0.1) is 5.60 Å². The SMILES string of the molecule is CC1(O)CCCN(c2snc(N)c2S(C)(=O)=O)CC1. The molecule has 1 saturated heterocycles. The lowest BCUT2D eigenvalue weighted by Crippen LogP contribution is -2.28. The third-order valence-electron chi connectivity index (χ3n) is 3.38. The van der Waals surface area contributed by atoms with E-state index in [1.165, 1.54) is 0 Å². The Morgan fingerprint density at radius 3 is 2.74 bits per heavy atom. The predicted octanol–water partition coefficient (Wildman–Crippen LogP) is 0.870. The Kier molecular flexibility index (Phi) is 3.76. The molecule has 6 nitrogen and oxygen atoms in total. The van der Waals surface area contributed by atoms with Crippen LogP contribution in [0.3, 0.4) is 0 Å². The Bertz CT molecular complexity index is 566. The fourth-order valence-corrected chi connectivity index (χ4v) is 4.56. The van der Waals surface area contributed by atoms with Crippen LogP contribution in [-0.2, 0) is 9.84 Å². The van der Waals surface area contributed by atoms with Crippen LogP contribution in [0.15, 0.2) is 4.90 Å². The molecule has 19 heavy (non-hydrogen) atoms. The molecule has 1 aliphatic rings. The number of aliphatic hydroxyl groups is 1. The molecule has 0 spiro atoms. The van der Waals surface area contributed by atoms with Gasteiger partial charge in [0.1, 0.15) is 9.90 Å². The summed E-state index contributed by atoms with van der Waals surface area (Å²) in [6, 6.07) is 0. The summed E-state index contributed by atoms with van der Waals surface area (Å²) in [5, 5.41) is 10.7. The second-order valence-corrected chi connectivity index (χ2v) is 8.02. The van der Waals surface area contributed by atoms with E-state index in [9.17, 15) is 13.5 Å². The largest absolute Gasteiger partial charge is 0.390 e. The number of aromatic nitrogens is 1. The third kappa shape index (κ3) is 3.18. The Hall–Kier alpha value is -0.860. The Morgan fingerprint density at radius 2 is 2.11 bits per heavy atom. The van der Waals surface area contributed by atoms with Crippen LogP contribution in [0, 0.1) is 0 Å². The molecule has 1 aromatic heterocycles. The number of rotatable bonds is 2. The van der Waals surface area contributed by atoms with Crippen molar-refractivity contribution in [2.45, 2.75) is 36.7 Å². The Morgan fingerprint density at radius 1 is 1.42 bits per heavy atom. The van der Waals surface area contributed by atoms with Crippen molar-refractivity contribution < 1.29 is 13.5 Å². The second-order valence-electron chi connectivity index (χ2n) is 5.31. The van der Waals surface area contributed by atoms with Gasteiger partial charge < -0.3 is 15.7 Å². The molecular weight excluding hydrogens is 286 g/mol. The van der Waals surface area contributed by atoms with E-state index in [0.717, 1.165) is 24.2 Å². The van der Waals surface area contributed by atoms with Crippen molar-refractivity contribution in [3.63, 3.8) is 0 Å². The van der Waals surface area contributed by atoms with Crippen LogP contribution in [-0.4, -0.2) is 42.8 Å². The maximum Gasteiger partial charge on any atom is 0.182 e. The highest BCUT2D eigenvalue weighted by Crippen LogP contribution is 2.36. The van der Waals surface area contributed by atoms with Crippen LogP contribution in [0.4, 0.5) is 10.8 Å². The quantitative estimate of drug-likeness (QED) is 0.841. The number of hydrogen-bond donors (Lipinski definition) is 2. The van der Waals surface area contributed by atoms with Gasteiger partial charge in [0.15, 0.2) is 15.7 Å². The van der Waals surface area contributed by atoms with Crippen LogP contribution in [0.25, 0.3) is 0 Å². The van der Waals surface area contributed by atoms with Gasteiger partial charge in [-0.3, -0.25) is 0 Å². The summed E-state index contributed by atoms with van der Waals surface area (Å²) in [5.74, 6) is 0.0681. The smallest absolute Gasteiger partial charge is 0.182 e. The second kappa shape index (κ2) is 4.92. The molecule has 0 bridgehead atoms. The van der Waals surface area contributed by atoms with Gasteiger partial charge in [-0.1, -0.05) is 0 Å². The molecule has 0 radical (unpaired) electrons. The van der Waals surface area contributed by atoms with Crippen LogP contribution < -0.4 is 10.6 Å². The minimum Gasteiger partial charge on any atom is -0.390 e. The van der Waals surface area contributed by atoms with Gasteiger partial charge in [0.25, 0.3) is 0 Å². The van der Waals surface area contributed by atoms with E-state index >= 15 is 0 Å². The zero-order chi connectivity index (χ0) is 14.3. The molecule has 1 fully saturated rings. The lowest BCUT2D eigenvalue weighted by Gasteiger charge is -2.23. The molecular formula is C11H19N3O3S2. The molecule has 2 rings (SSSR count). The summed E-state index contributed by atoms with van der Waals surface area (Å²) in [4.78, 5) is 2.09. The van der Waals surface area contributed by atoms with Crippen molar-refractivity contribution in [1.29, 1.82) is 0 Å². The number of anilines is 2. The van der Waals surface area contributed by atoms with Crippen molar-refractivity contribution in [3.05, 3.63) is 0 Å². The fraction of sp³-hybridized carbons (Fsp3) is 0.727. The van der Waals surface area contributed by atoms with Crippen LogP contribution in [0.2, 0.25) is 0 Å². The Labute approximate surface area is 117 Å². The number of sulfone groups is 1. The van der Waals surface area contributed by atoms with E-state index in [1.807, 2.05) is 11.8 Å². The molecule has 2 heterocycles. The van der Waals surface area contributed by atoms with Crippen LogP contribution in [0.1, 0.15) is 26.2 Å². The lowest BCUT2D eigenvalue weighted by atomic mass is 9.98. The highest BCUT2D eigenvalue weighted by atomic mass is 32.2. The van der Waals surface area contributed by atoms with Crippen LogP contribution >= 0.6 is 11.5 Å². The van der Waals surface area contributed by atoms with Gasteiger partial charge in [-0.2, -0.15) is 4.37 Å². The van der Waals surface area contributed by atoms with E-state index in [0.29, 0.717) is 30.9 Å². The maximum absolute atomic E-state index is 11.8. The van der Waals surface area contributed by atoms with Crippen LogP contribution in [0.5, 0.6) is 0 Å². The van der Waals surface area contributed by atoms with Crippen molar-refractivity contribution in [3.8, 4) is 0 Å². The number of nitrogens with zero attached hydrogens (tertiary/aromatic N) is 2. The van der Waals surface area contributed by atoms with E-state index in [4.69, 9.17) is 5.73 Å². The Balaban J connectivity index is 2.33. The van der Waals surface area contributed by atoms with Gasteiger partial charge in [0, 0.05) is 19.3 Å². The number of nitrogen functional groups attached to an aromatic ring is 1. The van der Waals surface area contributed by atoms with Crippen molar-refractivity contribution in [2.24, 2.45) is 0 Å². The predicted molar refractivity (Wildman–Crippen MR) is 76.3 cm³/mol. The lowest BCUT2D eigenvalue weighted by molar-refractivity contribution is 0.0481. The fourth-order valence-electron chi connectivity index (χ4n) is 2.30. The molecule has 1 aromatic rings. The monoisotopic (exact) mass is 305 g/mol. The summed E-state index contributed by atoms with van der Waals surface area (Å²) in [5.41, 5.74) is 4.99. The molecule has 1 unspecified atom stereocenters. The molecule has 108 valence electrons. The molecule has 8 heteroatoms. The topological polar surface area (TPSA) is 96.5 Å².